The van der Waals surface area contributed by atoms with Gasteiger partial charge in [0.15, 0.2) is 5.82 Å². The van der Waals surface area contributed by atoms with Crippen molar-refractivity contribution in [2.24, 2.45) is 0 Å². The van der Waals surface area contributed by atoms with Crippen LogP contribution in [0.3, 0.4) is 0 Å². The summed E-state index contributed by atoms with van der Waals surface area (Å²) in [5.41, 5.74) is 2.59. The molecule has 12 heteroatoms. The Kier molecular flexibility index (Phi) is 9.26. The fourth-order valence-electron chi connectivity index (χ4n) is 4.71. The van der Waals surface area contributed by atoms with Gasteiger partial charge in [0.25, 0.3) is 0 Å². The topological polar surface area (TPSA) is 120 Å². The van der Waals surface area contributed by atoms with Crippen LogP contribution < -0.4 is 25.4 Å². The summed E-state index contributed by atoms with van der Waals surface area (Å²) in [6.07, 6.45) is 3.60. The molecule has 2 atom stereocenters. The van der Waals surface area contributed by atoms with Crippen molar-refractivity contribution < 1.29 is 19.0 Å². The van der Waals surface area contributed by atoms with E-state index in [1.54, 1.807) is 12.3 Å². The summed E-state index contributed by atoms with van der Waals surface area (Å²) >= 11 is 13.5. The summed E-state index contributed by atoms with van der Waals surface area (Å²) in [5.74, 6) is 1.42. The molecule has 218 valence electrons. The first-order valence-corrected chi connectivity index (χ1v) is 14.0. The Morgan fingerprint density at radius 1 is 1.10 bits per heavy atom. The highest BCUT2D eigenvalue weighted by Gasteiger charge is 2.28. The number of carbonyl (C=O) groups excluding carboxylic acids is 1. The number of nitrogens with zero attached hydrogens (tertiary/aromatic N) is 3. The number of anilines is 2. The lowest BCUT2D eigenvalue weighted by Gasteiger charge is -2.32. The number of halogens is 2. The van der Waals surface area contributed by atoms with Crippen LogP contribution in [0.2, 0.25) is 10.0 Å². The SMILES string of the molecule is C=CC(=O)N[C@H]1CCOC[C@H]1Nc1ncc2cc(-c3c(Cl)c(OC)cc(OC)c3Cl)nc(NCc3ccccc3)c2n1. The Bertz CT molecular complexity index is 1580. The van der Waals surface area contributed by atoms with E-state index in [0.29, 0.717) is 81.7 Å². The van der Waals surface area contributed by atoms with Gasteiger partial charge >= 0.3 is 0 Å². The molecule has 4 aromatic rings. The number of nitrogens with one attached hydrogen (secondary N) is 3. The molecule has 10 nitrogen and oxygen atoms in total. The van der Waals surface area contributed by atoms with Gasteiger partial charge in [-0.3, -0.25) is 4.79 Å². The van der Waals surface area contributed by atoms with Crippen LogP contribution >= 0.6 is 23.2 Å². The Morgan fingerprint density at radius 3 is 2.52 bits per heavy atom. The molecule has 0 radical (unpaired) electrons. The van der Waals surface area contributed by atoms with Gasteiger partial charge < -0.3 is 30.2 Å². The zero-order valence-corrected chi connectivity index (χ0v) is 24.6. The number of aromatic nitrogens is 3. The van der Waals surface area contributed by atoms with Crippen LogP contribution in [0, 0.1) is 0 Å². The first-order valence-electron chi connectivity index (χ1n) is 13.2. The molecular formula is C30H30Cl2N6O4. The summed E-state index contributed by atoms with van der Waals surface area (Å²) in [6, 6.07) is 13.0. The third-order valence-corrected chi connectivity index (χ3v) is 7.63. The standard InChI is InChI=1S/C30H30Cl2N6O4/c1-4-24(39)35-19-10-11-42-16-21(19)37-30-34-15-18-12-20(25-26(31)22(40-2)13-23(41-3)27(25)32)36-29(28(18)38-30)33-14-17-8-6-5-7-9-17/h4-9,12-13,15,19,21H,1,10-11,14,16H2,2-3H3,(H,33,36)(H,35,39)(H,34,37,38)/t19-,21+/m0/s1. The number of pyridine rings is 1. The fraction of sp³-hybridized carbons (Fsp3) is 0.267. The lowest BCUT2D eigenvalue weighted by atomic mass is 10.0. The van der Waals surface area contributed by atoms with E-state index in [2.05, 4.69) is 27.5 Å². The lowest BCUT2D eigenvalue weighted by molar-refractivity contribution is -0.117. The molecule has 0 unspecified atom stereocenters. The number of methoxy groups -OCH3 is 2. The molecule has 0 saturated carbocycles. The number of carbonyl (C=O) groups is 1. The van der Waals surface area contributed by atoms with Crippen LogP contribution in [-0.4, -0.2) is 60.4 Å². The van der Waals surface area contributed by atoms with E-state index in [1.807, 2.05) is 36.4 Å². The predicted octanol–water partition coefficient (Wildman–Crippen LogP) is 5.50. The normalized spacial score (nSPS) is 16.5. The maximum atomic E-state index is 12.0. The minimum absolute atomic E-state index is 0.174. The lowest BCUT2D eigenvalue weighted by Crippen LogP contribution is -2.52. The number of ether oxygens (including phenoxy) is 3. The van der Waals surface area contributed by atoms with Crippen LogP contribution in [0.4, 0.5) is 11.8 Å². The molecule has 2 aromatic heterocycles. The van der Waals surface area contributed by atoms with Gasteiger partial charge in [0.1, 0.15) is 17.0 Å². The average Bonchev–Trinajstić information content (AvgIpc) is 3.01. The van der Waals surface area contributed by atoms with Crippen molar-refractivity contribution in [1.29, 1.82) is 0 Å². The molecular weight excluding hydrogens is 579 g/mol. The summed E-state index contributed by atoms with van der Waals surface area (Å²) in [7, 11) is 3.04. The molecule has 2 aromatic carbocycles. The van der Waals surface area contributed by atoms with Gasteiger partial charge in [-0.25, -0.2) is 15.0 Å². The largest absolute Gasteiger partial charge is 0.495 e. The van der Waals surface area contributed by atoms with Crippen molar-refractivity contribution >= 4 is 51.8 Å². The van der Waals surface area contributed by atoms with Crippen molar-refractivity contribution in [3.05, 3.63) is 76.9 Å². The van der Waals surface area contributed by atoms with Gasteiger partial charge in [0.2, 0.25) is 11.9 Å². The maximum absolute atomic E-state index is 12.0. The minimum Gasteiger partial charge on any atom is -0.495 e. The predicted molar refractivity (Wildman–Crippen MR) is 165 cm³/mol. The van der Waals surface area contributed by atoms with Crippen LogP contribution in [0.15, 0.2) is 61.3 Å². The molecule has 3 N–H and O–H groups in total. The highest BCUT2D eigenvalue weighted by molar-refractivity contribution is 6.41. The second-order valence-electron chi connectivity index (χ2n) is 9.54. The van der Waals surface area contributed by atoms with E-state index in [0.717, 1.165) is 5.56 Å². The molecule has 1 aliphatic heterocycles. The van der Waals surface area contributed by atoms with Gasteiger partial charge in [-0.1, -0.05) is 60.1 Å². The molecule has 3 heterocycles. The number of amides is 1. The van der Waals surface area contributed by atoms with Gasteiger partial charge in [-0.2, -0.15) is 0 Å². The molecule has 42 heavy (non-hydrogen) atoms. The molecule has 0 bridgehead atoms. The third kappa shape index (κ3) is 6.35. The highest BCUT2D eigenvalue weighted by atomic mass is 35.5. The molecule has 1 saturated heterocycles. The monoisotopic (exact) mass is 608 g/mol. The van der Waals surface area contributed by atoms with E-state index >= 15 is 0 Å². The van der Waals surface area contributed by atoms with Crippen LogP contribution in [0.1, 0.15) is 12.0 Å². The second kappa shape index (κ2) is 13.2. The maximum Gasteiger partial charge on any atom is 0.243 e. The van der Waals surface area contributed by atoms with Gasteiger partial charge in [-0.05, 0) is 24.1 Å². The number of fused-ring (bicyclic) bond motifs is 1. The van der Waals surface area contributed by atoms with Crippen LogP contribution in [0.25, 0.3) is 22.2 Å². The van der Waals surface area contributed by atoms with Crippen molar-refractivity contribution in [2.45, 2.75) is 25.0 Å². The number of hydrogen-bond donors (Lipinski definition) is 3. The summed E-state index contributed by atoms with van der Waals surface area (Å²) < 4.78 is 16.6. The molecule has 1 fully saturated rings. The zero-order valence-electron chi connectivity index (χ0n) is 23.1. The van der Waals surface area contributed by atoms with E-state index in [-0.39, 0.29) is 18.0 Å². The second-order valence-corrected chi connectivity index (χ2v) is 10.3. The van der Waals surface area contributed by atoms with Crippen LogP contribution in [0.5, 0.6) is 11.5 Å². The number of rotatable bonds is 10. The fourth-order valence-corrected chi connectivity index (χ4v) is 5.41. The van der Waals surface area contributed by atoms with Crippen LogP contribution in [-0.2, 0) is 16.1 Å². The van der Waals surface area contributed by atoms with Crippen molar-refractivity contribution in [1.82, 2.24) is 20.3 Å². The van der Waals surface area contributed by atoms with E-state index in [9.17, 15) is 4.79 Å². The smallest absolute Gasteiger partial charge is 0.243 e. The Morgan fingerprint density at radius 2 is 1.83 bits per heavy atom. The molecule has 0 aliphatic carbocycles. The highest BCUT2D eigenvalue weighted by Crippen LogP contribution is 2.46. The molecule has 1 aliphatic rings. The van der Waals surface area contributed by atoms with Gasteiger partial charge in [-0.15, -0.1) is 0 Å². The number of hydrogen-bond acceptors (Lipinski definition) is 9. The Hall–Kier alpha value is -4.12. The van der Waals surface area contributed by atoms with Gasteiger partial charge in [0, 0.05) is 36.4 Å². The third-order valence-electron chi connectivity index (χ3n) is 6.88. The van der Waals surface area contributed by atoms with Crippen molar-refractivity contribution in [2.75, 3.05) is 38.1 Å². The molecule has 1 amide bonds. The van der Waals surface area contributed by atoms with Gasteiger partial charge in [0.05, 0.1) is 48.6 Å². The summed E-state index contributed by atoms with van der Waals surface area (Å²) in [6.45, 7) is 4.96. The number of benzene rings is 2. The van der Waals surface area contributed by atoms with Crippen molar-refractivity contribution in [3.8, 4) is 22.8 Å². The first-order chi connectivity index (χ1) is 20.4. The summed E-state index contributed by atoms with van der Waals surface area (Å²) in [5, 5.41) is 11.0. The Balaban J connectivity index is 1.57. The quantitative estimate of drug-likeness (QED) is 0.200. The van der Waals surface area contributed by atoms with E-state index < -0.39 is 0 Å². The molecule has 5 rings (SSSR count). The first kappa shape index (κ1) is 29.4. The van der Waals surface area contributed by atoms with E-state index in [1.165, 1.54) is 20.3 Å². The summed E-state index contributed by atoms with van der Waals surface area (Å²) in [4.78, 5) is 26.3. The van der Waals surface area contributed by atoms with E-state index in [4.69, 9.17) is 47.4 Å². The Labute approximate surface area is 253 Å². The average molecular weight is 610 g/mol. The minimum atomic E-state index is -0.247. The zero-order chi connectivity index (χ0) is 29.6. The van der Waals surface area contributed by atoms with Crippen molar-refractivity contribution in [3.63, 3.8) is 0 Å². The molecule has 0 spiro atoms.